The van der Waals surface area contributed by atoms with Crippen LogP contribution in [0.4, 0.5) is 0 Å². The maximum absolute atomic E-state index is 11.9. The third-order valence-electron chi connectivity index (χ3n) is 3.19. The summed E-state index contributed by atoms with van der Waals surface area (Å²) in [5, 5.41) is 14.6. The number of carbonyl (C=O) groups is 3. The van der Waals surface area contributed by atoms with E-state index in [1.165, 1.54) is 0 Å². The van der Waals surface area contributed by atoms with Gasteiger partial charge in [0.05, 0.1) is 13.0 Å². The number of halogens is 2. The summed E-state index contributed by atoms with van der Waals surface area (Å²) in [5.41, 5.74) is 0.474. The fraction of sp³-hybridized carbons (Fsp3) is 0.438. The van der Waals surface area contributed by atoms with Gasteiger partial charge >= 0.3 is 5.97 Å². The molecule has 0 saturated heterocycles. The van der Waals surface area contributed by atoms with Crippen molar-refractivity contribution in [1.29, 1.82) is 0 Å². The van der Waals surface area contributed by atoms with E-state index < -0.39 is 23.8 Å². The fourth-order valence-electron chi connectivity index (χ4n) is 2.04. The smallest absolute Gasteiger partial charge is 0.326 e. The van der Waals surface area contributed by atoms with Crippen molar-refractivity contribution in [2.45, 2.75) is 32.7 Å². The molecule has 0 bridgehead atoms. The topological polar surface area (TPSA) is 95.5 Å². The van der Waals surface area contributed by atoms with E-state index in [1.54, 1.807) is 18.2 Å². The van der Waals surface area contributed by atoms with E-state index >= 15 is 0 Å². The van der Waals surface area contributed by atoms with Crippen LogP contribution in [0.25, 0.3) is 0 Å². The summed E-state index contributed by atoms with van der Waals surface area (Å²) in [4.78, 5) is 34.8. The third-order valence-corrected chi connectivity index (χ3v) is 3.89. The van der Waals surface area contributed by atoms with Crippen molar-refractivity contribution in [1.82, 2.24) is 10.6 Å². The molecule has 0 heterocycles. The quantitative estimate of drug-likeness (QED) is 0.650. The van der Waals surface area contributed by atoms with Gasteiger partial charge in [-0.15, -0.1) is 0 Å². The summed E-state index contributed by atoms with van der Waals surface area (Å²) in [6, 6.07) is 3.92. The average Bonchev–Trinajstić information content (AvgIpc) is 2.48. The van der Waals surface area contributed by atoms with Gasteiger partial charge in [0, 0.05) is 10.0 Å². The minimum absolute atomic E-state index is 0.0693. The van der Waals surface area contributed by atoms with Gasteiger partial charge in [0.25, 0.3) is 0 Å². The Labute approximate surface area is 150 Å². The first-order valence-corrected chi connectivity index (χ1v) is 8.18. The maximum Gasteiger partial charge on any atom is 0.326 e. The number of carbonyl (C=O) groups excluding carboxylic acids is 2. The highest BCUT2D eigenvalue weighted by Gasteiger charge is 2.21. The van der Waals surface area contributed by atoms with Crippen molar-refractivity contribution in [3.05, 3.63) is 33.8 Å². The lowest BCUT2D eigenvalue weighted by molar-refractivity contribution is -0.142. The minimum atomic E-state index is -1.11. The van der Waals surface area contributed by atoms with Gasteiger partial charge in [-0.25, -0.2) is 4.79 Å². The first-order valence-electron chi connectivity index (χ1n) is 7.42. The second kappa shape index (κ2) is 9.49. The number of rotatable bonds is 8. The lowest BCUT2D eigenvalue weighted by Gasteiger charge is -2.16. The summed E-state index contributed by atoms with van der Waals surface area (Å²) >= 11 is 12.0. The van der Waals surface area contributed by atoms with Crippen molar-refractivity contribution >= 4 is 41.0 Å². The zero-order valence-electron chi connectivity index (χ0n) is 13.4. The molecule has 0 saturated carbocycles. The first kappa shape index (κ1) is 20.3. The molecule has 132 valence electrons. The van der Waals surface area contributed by atoms with Gasteiger partial charge < -0.3 is 15.7 Å². The summed E-state index contributed by atoms with van der Waals surface area (Å²) in [5.74, 6) is -1.99. The van der Waals surface area contributed by atoms with Crippen LogP contribution in [0.2, 0.25) is 10.0 Å². The second-order valence-electron chi connectivity index (χ2n) is 5.74. The Morgan fingerprint density at radius 2 is 1.71 bits per heavy atom. The molecule has 0 aliphatic rings. The molecule has 8 heteroatoms. The summed E-state index contributed by atoms with van der Waals surface area (Å²) in [6.07, 6.45) is 0.240. The van der Waals surface area contributed by atoms with E-state index in [-0.39, 0.29) is 18.9 Å². The second-order valence-corrected chi connectivity index (χ2v) is 6.56. The highest BCUT2D eigenvalue weighted by atomic mass is 35.5. The number of hydrogen-bond acceptors (Lipinski definition) is 3. The fourth-order valence-corrected chi connectivity index (χ4v) is 2.57. The summed E-state index contributed by atoms with van der Waals surface area (Å²) < 4.78 is 0. The van der Waals surface area contributed by atoms with Gasteiger partial charge in [-0.1, -0.05) is 43.1 Å². The number of aliphatic carboxylic acids is 1. The zero-order chi connectivity index (χ0) is 18.3. The monoisotopic (exact) mass is 374 g/mol. The number of hydrogen-bond donors (Lipinski definition) is 3. The Bertz CT molecular complexity index is 600. The van der Waals surface area contributed by atoms with Crippen LogP contribution in [0.1, 0.15) is 25.8 Å². The molecule has 0 aliphatic heterocycles. The van der Waals surface area contributed by atoms with Crippen LogP contribution in [0, 0.1) is 5.92 Å². The predicted molar refractivity (Wildman–Crippen MR) is 92.2 cm³/mol. The molecule has 0 spiro atoms. The standard InChI is InChI=1S/C16H20Cl2N2O4/c1-9(2)6-13(16(23)24)20-15(22)8-19-14(21)7-10-11(17)4-3-5-12(10)18/h3-5,9,13H,6-8H2,1-2H3,(H,19,21)(H,20,22)(H,23,24)/t13-/m0/s1. The van der Waals surface area contributed by atoms with Gasteiger partial charge in [-0.2, -0.15) is 0 Å². The number of nitrogens with one attached hydrogen (secondary N) is 2. The molecule has 0 radical (unpaired) electrons. The molecule has 2 amide bonds. The first-order chi connectivity index (χ1) is 11.2. The molecule has 1 atom stereocenters. The Morgan fingerprint density at radius 3 is 2.21 bits per heavy atom. The molecule has 24 heavy (non-hydrogen) atoms. The predicted octanol–water partition coefficient (Wildman–Crippen LogP) is 2.27. The van der Waals surface area contributed by atoms with Crippen LogP contribution >= 0.6 is 23.2 Å². The zero-order valence-corrected chi connectivity index (χ0v) is 14.9. The molecule has 6 nitrogen and oxygen atoms in total. The van der Waals surface area contributed by atoms with Crippen molar-refractivity contribution in [2.24, 2.45) is 5.92 Å². The largest absolute Gasteiger partial charge is 0.480 e. The van der Waals surface area contributed by atoms with Crippen LogP contribution < -0.4 is 10.6 Å². The minimum Gasteiger partial charge on any atom is -0.480 e. The Morgan fingerprint density at radius 1 is 1.12 bits per heavy atom. The summed E-state index contributed by atoms with van der Waals surface area (Å²) in [7, 11) is 0. The molecule has 0 fully saturated rings. The summed E-state index contributed by atoms with van der Waals surface area (Å²) in [6.45, 7) is 3.40. The molecular weight excluding hydrogens is 355 g/mol. The van der Waals surface area contributed by atoms with Crippen LogP contribution in [0.3, 0.4) is 0 Å². The maximum atomic E-state index is 11.9. The molecule has 0 aliphatic carbocycles. The lowest BCUT2D eigenvalue weighted by atomic mass is 10.0. The molecular formula is C16H20Cl2N2O4. The number of carboxylic acids is 1. The Balaban J connectivity index is 2.51. The number of amides is 2. The van der Waals surface area contributed by atoms with Crippen molar-refractivity contribution in [2.75, 3.05) is 6.54 Å². The Kier molecular flexibility index (Phi) is 8.01. The van der Waals surface area contributed by atoms with Crippen LogP contribution in [0.5, 0.6) is 0 Å². The molecule has 1 aromatic carbocycles. The van der Waals surface area contributed by atoms with Gasteiger partial charge in [0.1, 0.15) is 6.04 Å². The highest BCUT2D eigenvalue weighted by molar-refractivity contribution is 6.36. The van der Waals surface area contributed by atoms with E-state index in [9.17, 15) is 14.4 Å². The van der Waals surface area contributed by atoms with E-state index in [0.717, 1.165) is 0 Å². The van der Waals surface area contributed by atoms with Gasteiger partial charge in [0.2, 0.25) is 11.8 Å². The lowest BCUT2D eigenvalue weighted by Crippen LogP contribution is -2.46. The van der Waals surface area contributed by atoms with E-state index in [4.69, 9.17) is 28.3 Å². The Hall–Kier alpha value is -1.79. The van der Waals surface area contributed by atoms with Crippen LogP contribution in [-0.2, 0) is 20.8 Å². The third kappa shape index (κ3) is 6.76. The number of benzene rings is 1. The van der Waals surface area contributed by atoms with Gasteiger partial charge in [-0.3, -0.25) is 9.59 Å². The molecule has 3 N–H and O–H groups in total. The average molecular weight is 375 g/mol. The molecule has 0 unspecified atom stereocenters. The van der Waals surface area contributed by atoms with Crippen molar-refractivity contribution in [3.63, 3.8) is 0 Å². The molecule has 1 rings (SSSR count). The normalized spacial score (nSPS) is 11.9. The SMILES string of the molecule is CC(C)C[C@H](NC(=O)CNC(=O)Cc1c(Cl)cccc1Cl)C(=O)O. The van der Waals surface area contributed by atoms with E-state index in [1.807, 2.05) is 13.8 Å². The van der Waals surface area contributed by atoms with E-state index in [2.05, 4.69) is 10.6 Å². The van der Waals surface area contributed by atoms with Crippen molar-refractivity contribution < 1.29 is 19.5 Å². The molecule has 0 aromatic heterocycles. The van der Waals surface area contributed by atoms with Gasteiger partial charge in [-0.05, 0) is 30.0 Å². The molecule has 1 aromatic rings. The van der Waals surface area contributed by atoms with Crippen LogP contribution in [-0.4, -0.2) is 35.5 Å². The number of carboxylic acid groups (broad SMARTS) is 1. The van der Waals surface area contributed by atoms with Crippen molar-refractivity contribution in [3.8, 4) is 0 Å². The van der Waals surface area contributed by atoms with Gasteiger partial charge in [0.15, 0.2) is 0 Å². The highest BCUT2D eigenvalue weighted by Crippen LogP contribution is 2.24. The van der Waals surface area contributed by atoms with E-state index in [0.29, 0.717) is 22.0 Å². The van der Waals surface area contributed by atoms with Crippen LogP contribution in [0.15, 0.2) is 18.2 Å².